The minimum absolute atomic E-state index is 0.226. The van der Waals surface area contributed by atoms with E-state index in [9.17, 15) is 4.79 Å². The van der Waals surface area contributed by atoms with Gasteiger partial charge in [-0.3, -0.25) is 4.68 Å². The van der Waals surface area contributed by atoms with Gasteiger partial charge in [-0.25, -0.2) is 9.48 Å². The molecule has 0 fully saturated rings. The number of carbonyl (C=O) groups is 1. The molecule has 2 heterocycles. The Labute approximate surface area is 114 Å². The van der Waals surface area contributed by atoms with Gasteiger partial charge < -0.3 is 5.11 Å². The number of aromatic nitrogens is 5. The van der Waals surface area contributed by atoms with Crippen LogP contribution in [0.25, 0.3) is 11.0 Å². The van der Waals surface area contributed by atoms with Crippen LogP contribution in [0.2, 0.25) is 0 Å². The molecule has 1 N–H and O–H groups in total. The van der Waals surface area contributed by atoms with Crippen molar-refractivity contribution < 1.29 is 9.90 Å². The first-order chi connectivity index (χ1) is 9.54. The van der Waals surface area contributed by atoms with Crippen LogP contribution >= 0.6 is 0 Å². The smallest absolute Gasteiger partial charge is 0.335 e. The standard InChI is InChI=1S/C13H13N5O2/c1-8-10(6-17(2)15-8)7-18-12-5-9(13(19)20)3-4-11(12)14-16-18/h3-6H,7H2,1-2H3,(H,19,20). The molecule has 0 saturated carbocycles. The fourth-order valence-corrected chi connectivity index (χ4v) is 2.18. The summed E-state index contributed by atoms with van der Waals surface area (Å²) in [4.78, 5) is 11.0. The molecule has 7 nitrogen and oxygen atoms in total. The summed E-state index contributed by atoms with van der Waals surface area (Å²) in [6, 6.07) is 4.78. The Balaban J connectivity index is 2.05. The Morgan fingerprint density at radius 2 is 2.20 bits per heavy atom. The van der Waals surface area contributed by atoms with Crippen molar-refractivity contribution in [3.63, 3.8) is 0 Å². The first kappa shape index (κ1) is 12.3. The van der Waals surface area contributed by atoms with E-state index in [1.807, 2.05) is 20.2 Å². The van der Waals surface area contributed by atoms with Crippen molar-refractivity contribution in [2.24, 2.45) is 7.05 Å². The summed E-state index contributed by atoms with van der Waals surface area (Å²) < 4.78 is 3.43. The predicted molar refractivity (Wildman–Crippen MR) is 71.5 cm³/mol. The number of carboxylic acids is 1. The molecule has 0 amide bonds. The Morgan fingerprint density at radius 3 is 2.85 bits per heavy atom. The minimum Gasteiger partial charge on any atom is -0.478 e. The number of fused-ring (bicyclic) bond motifs is 1. The second kappa shape index (κ2) is 4.44. The number of hydrogen-bond donors (Lipinski definition) is 1. The molecule has 0 radical (unpaired) electrons. The lowest BCUT2D eigenvalue weighted by Gasteiger charge is -2.01. The van der Waals surface area contributed by atoms with Crippen molar-refractivity contribution in [3.05, 3.63) is 41.2 Å². The van der Waals surface area contributed by atoms with Gasteiger partial charge in [0.15, 0.2) is 0 Å². The van der Waals surface area contributed by atoms with Crippen molar-refractivity contribution in [1.29, 1.82) is 0 Å². The molecule has 2 aromatic heterocycles. The van der Waals surface area contributed by atoms with Gasteiger partial charge in [-0.1, -0.05) is 5.21 Å². The molecule has 0 aliphatic carbocycles. The number of benzene rings is 1. The van der Waals surface area contributed by atoms with Crippen LogP contribution in [0.15, 0.2) is 24.4 Å². The van der Waals surface area contributed by atoms with Gasteiger partial charge in [-0.05, 0) is 25.1 Å². The van der Waals surface area contributed by atoms with Crippen molar-refractivity contribution in [2.75, 3.05) is 0 Å². The molecule has 0 saturated heterocycles. The maximum atomic E-state index is 11.0. The highest BCUT2D eigenvalue weighted by Crippen LogP contribution is 2.16. The van der Waals surface area contributed by atoms with Gasteiger partial charge in [0.1, 0.15) is 5.52 Å². The summed E-state index contributed by atoms with van der Waals surface area (Å²) in [5.41, 5.74) is 3.55. The lowest BCUT2D eigenvalue weighted by Crippen LogP contribution is -2.03. The van der Waals surface area contributed by atoms with E-state index >= 15 is 0 Å². The number of aryl methyl sites for hydroxylation is 2. The largest absolute Gasteiger partial charge is 0.478 e. The second-order valence-corrected chi connectivity index (χ2v) is 4.67. The molecule has 3 aromatic rings. The van der Waals surface area contributed by atoms with E-state index in [0.717, 1.165) is 11.3 Å². The third kappa shape index (κ3) is 2.03. The average Bonchev–Trinajstić information content (AvgIpc) is 2.93. The lowest BCUT2D eigenvalue weighted by molar-refractivity contribution is 0.0697. The highest BCUT2D eigenvalue weighted by molar-refractivity contribution is 5.92. The van der Waals surface area contributed by atoms with E-state index in [2.05, 4.69) is 15.4 Å². The van der Waals surface area contributed by atoms with E-state index in [0.29, 0.717) is 17.6 Å². The fraction of sp³-hybridized carbons (Fsp3) is 0.231. The van der Waals surface area contributed by atoms with Crippen LogP contribution < -0.4 is 0 Å². The first-order valence-electron chi connectivity index (χ1n) is 6.10. The van der Waals surface area contributed by atoms with Crippen molar-refractivity contribution >= 4 is 17.0 Å². The van der Waals surface area contributed by atoms with Gasteiger partial charge in [0.2, 0.25) is 0 Å². The van der Waals surface area contributed by atoms with Crippen molar-refractivity contribution in [1.82, 2.24) is 24.8 Å². The number of rotatable bonds is 3. The van der Waals surface area contributed by atoms with Gasteiger partial charge in [0, 0.05) is 18.8 Å². The Morgan fingerprint density at radius 1 is 1.40 bits per heavy atom. The predicted octanol–water partition coefficient (Wildman–Crippen LogP) is 1.22. The van der Waals surface area contributed by atoms with E-state index < -0.39 is 5.97 Å². The summed E-state index contributed by atoms with van der Waals surface area (Å²) in [7, 11) is 1.86. The molecule has 0 bridgehead atoms. The van der Waals surface area contributed by atoms with E-state index in [1.165, 1.54) is 6.07 Å². The molecule has 0 aliphatic rings. The molecule has 20 heavy (non-hydrogen) atoms. The Kier molecular flexibility index (Phi) is 2.74. The Hall–Kier alpha value is -2.70. The monoisotopic (exact) mass is 271 g/mol. The fourth-order valence-electron chi connectivity index (χ4n) is 2.18. The number of carboxylic acid groups (broad SMARTS) is 1. The van der Waals surface area contributed by atoms with Crippen LogP contribution in [-0.2, 0) is 13.6 Å². The van der Waals surface area contributed by atoms with Crippen molar-refractivity contribution in [2.45, 2.75) is 13.5 Å². The summed E-state index contributed by atoms with van der Waals surface area (Å²) in [5.74, 6) is -0.961. The molecular weight excluding hydrogens is 258 g/mol. The molecule has 1 aromatic carbocycles. The SMILES string of the molecule is Cc1nn(C)cc1Cn1nnc2ccc(C(=O)O)cc21. The third-order valence-corrected chi connectivity index (χ3v) is 3.20. The maximum absolute atomic E-state index is 11.0. The van der Waals surface area contributed by atoms with Crippen LogP contribution in [0.5, 0.6) is 0 Å². The molecular formula is C13H13N5O2. The first-order valence-corrected chi connectivity index (χ1v) is 6.10. The average molecular weight is 271 g/mol. The summed E-state index contributed by atoms with van der Waals surface area (Å²) in [6.45, 7) is 2.44. The van der Waals surface area contributed by atoms with E-state index in [4.69, 9.17) is 5.11 Å². The Bertz CT molecular complexity index is 802. The van der Waals surface area contributed by atoms with Gasteiger partial charge in [-0.2, -0.15) is 5.10 Å². The van der Waals surface area contributed by atoms with Crippen LogP contribution in [0.4, 0.5) is 0 Å². The highest BCUT2D eigenvalue weighted by Gasteiger charge is 2.11. The third-order valence-electron chi connectivity index (χ3n) is 3.20. The van der Waals surface area contributed by atoms with Crippen LogP contribution in [0, 0.1) is 6.92 Å². The zero-order valence-electron chi connectivity index (χ0n) is 11.1. The van der Waals surface area contributed by atoms with Gasteiger partial charge in [-0.15, -0.1) is 5.10 Å². The molecule has 0 spiro atoms. The number of aromatic carboxylic acids is 1. The quantitative estimate of drug-likeness (QED) is 0.774. The zero-order valence-corrected chi connectivity index (χ0v) is 11.1. The van der Waals surface area contributed by atoms with Gasteiger partial charge in [0.25, 0.3) is 0 Å². The van der Waals surface area contributed by atoms with E-state index in [-0.39, 0.29) is 5.56 Å². The summed E-state index contributed by atoms with van der Waals surface area (Å²) in [6.07, 6.45) is 1.92. The number of hydrogen-bond acceptors (Lipinski definition) is 4. The zero-order chi connectivity index (χ0) is 14.3. The summed E-state index contributed by atoms with van der Waals surface area (Å²) in [5, 5.41) is 21.4. The molecule has 0 aliphatic heterocycles. The summed E-state index contributed by atoms with van der Waals surface area (Å²) >= 11 is 0. The van der Waals surface area contributed by atoms with Crippen LogP contribution in [0.1, 0.15) is 21.6 Å². The molecule has 7 heteroatoms. The topological polar surface area (TPSA) is 85.8 Å². The van der Waals surface area contributed by atoms with Crippen LogP contribution in [0.3, 0.4) is 0 Å². The lowest BCUT2D eigenvalue weighted by atomic mass is 10.2. The maximum Gasteiger partial charge on any atom is 0.335 e. The highest BCUT2D eigenvalue weighted by atomic mass is 16.4. The minimum atomic E-state index is -0.961. The van der Waals surface area contributed by atoms with Crippen molar-refractivity contribution in [3.8, 4) is 0 Å². The normalized spacial score (nSPS) is 11.1. The molecule has 0 unspecified atom stereocenters. The molecule has 102 valence electrons. The van der Waals surface area contributed by atoms with Gasteiger partial charge in [0.05, 0.1) is 23.3 Å². The number of nitrogens with zero attached hydrogens (tertiary/aromatic N) is 5. The molecule has 0 atom stereocenters. The van der Waals surface area contributed by atoms with Crippen LogP contribution in [-0.4, -0.2) is 35.9 Å². The molecule has 3 rings (SSSR count). The second-order valence-electron chi connectivity index (χ2n) is 4.67. The van der Waals surface area contributed by atoms with Gasteiger partial charge >= 0.3 is 5.97 Å². The van der Waals surface area contributed by atoms with E-state index in [1.54, 1.807) is 21.5 Å².